The monoisotopic (exact) mass is 389 g/mol. The lowest BCUT2D eigenvalue weighted by Crippen LogP contribution is -2.52. The number of para-hydroxylation sites is 2. The second-order valence-electron chi connectivity index (χ2n) is 7.33. The van der Waals surface area contributed by atoms with E-state index in [2.05, 4.69) is 24.1 Å². The molecule has 1 amide bonds. The largest absolute Gasteiger partial charge is 0.419 e. The Kier molecular flexibility index (Phi) is 7.28. The summed E-state index contributed by atoms with van der Waals surface area (Å²) in [5.41, 5.74) is 1.28. The Hall–Kier alpha value is -2.12. The van der Waals surface area contributed by atoms with Crippen LogP contribution in [0.1, 0.15) is 33.1 Å². The predicted octanol–water partition coefficient (Wildman–Crippen LogP) is 2.24. The van der Waals surface area contributed by atoms with Crippen LogP contribution < -0.4 is 11.1 Å². The number of oxazole rings is 1. The van der Waals surface area contributed by atoms with E-state index < -0.39 is 5.76 Å². The molecule has 1 aliphatic rings. The van der Waals surface area contributed by atoms with Crippen molar-refractivity contribution in [3.63, 3.8) is 0 Å². The van der Waals surface area contributed by atoms with Crippen LogP contribution in [0.5, 0.6) is 0 Å². The van der Waals surface area contributed by atoms with E-state index in [1.165, 1.54) is 4.57 Å². The normalized spacial score (nSPS) is 16.5. The minimum atomic E-state index is -0.419. The van der Waals surface area contributed by atoms with Gasteiger partial charge in [-0.3, -0.25) is 14.3 Å². The van der Waals surface area contributed by atoms with Crippen LogP contribution in [0.2, 0.25) is 0 Å². The summed E-state index contributed by atoms with van der Waals surface area (Å²) in [7, 11) is 0. The summed E-state index contributed by atoms with van der Waals surface area (Å²) in [5, 5.41) is 3.09. The van der Waals surface area contributed by atoms with Crippen molar-refractivity contribution in [3.8, 4) is 0 Å². The topological polar surface area (TPSA) is 76.7 Å². The van der Waals surface area contributed by atoms with Crippen LogP contribution in [0.25, 0.3) is 11.1 Å². The molecule has 1 aromatic heterocycles. The number of hydrogen-bond acceptors (Lipinski definition) is 5. The zero-order chi connectivity index (χ0) is 19.9. The van der Waals surface area contributed by atoms with Crippen molar-refractivity contribution in [2.24, 2.45) is 5.92 Å². The number of fused-ring (bicyclic) bond motifs is 1. The highest BCUT2D eigenvalue weighted by atomic mass is 16.5. The molecule has 1 fully saturated rings. The van der Waals surface area contributed by atoms with Gasteiger partial charge < -0.3 is 14.5 Å². The molecule has 1 aromatic carbocycles. The number of rotatable bonds is 9. The first kappa shape index (κ1) is 20.6. The van der Waals surface area contributed by atoms with E-state index in [9.17, 15) is 9.59 Å². The van der Waals surface area contributed by atoms with Crippen LogP contribution >= 0.6 is 0 Å². The maximum atomic E-state index is 12.5. The molecule has 0 radical (unpaired) electrons. The van der Waals surface area contributed by atoms with Gasteiger partial charge in [-0.25, -0.2) is 4.79 Å². The molecule has 1 atom stereocenters. The van der Waals surface area contributed by atoms with Crippen molar-refractivity contribution in [1.29, 1.82) is 0 Å². The quantitative estimate of drug-likeness (QED) is 0.712. The summed E-state index contributed by atoms with van der Waals surface area (Å²) in [5.74, 6) is 0.0810. The van der Waals surface area contributed by atoms with E-state index in [4.69, 9.17) is 9.15 Å². The highest BCUT2D eigenvalue weighted by Crippen LogP contribution is 2.19. The van der Waals surface area contributed by atoms with Crippen LogP contribution in [-0.2, 0) is 16.1 Å². The van der Waals surface area contributed by atoms with Crippen molar-refractivity contribution < 1.29 is 13.9 Å². The number of ether oxygens (including phenoxy) is 1. The smallest absolute Gasteiger partial charge is 0.408 e. The third-order valence-electron chi connectivity index (χ3n) is 5.75. The molecule has 7 heteroatoms. The second-order valence-corrected chi connectivity index (χ2v) is 7.33. The number of aryl methyl sites for hydroxylation is 1. The lowest BCUT2D eigenvalue weighted by atomic mass is 9.92. The van der Waals surface area contributed by atoms with Gasteiger partial charge in [0.2, 0.25) is 5.91 Å². The van der Waals surface area contributed by atoms with Gasteiger partial charge in [-0.15, -0.1) is 0 Å². The molecule has 2 aromatic rings. The van der Waals surface area contributed by atoms with Crippen molar-refractivity contribution in [1.82, 2.24) is 14.8 Å². The number of hydrogen-bond donors (Lipinski definition) is 1. The number of morpholine rings is 1. The number of aromatic nitrogens is 1. The SMILES string of the molecule is CCC(CC)C(CNC(=O)CCn1c(=O)oc2ccccc21)N1CCOCC1. The van der Waals surface area contributed by atoms with E-state index in [1.54, 1.807) is 6.07 Å². The Bertz CT molecular complexity index is 818. The molecule has 1 saturated heterocycles. The van der Waals surface area contributed by atoms with Gasteiger partial charge in [0.15, 0.2) is 5.58 Å². The summed E-state index contributed by atoms with van der Waals surface area (Å²) in [6.45, 7) is 8.68. The molecule has 7 nitrogen and oxygen atoms in total. The van der Waals surface area contributed by atoms with Crippen LogP contribution in [0.15, 0.2) is 33.5 Å². The van der Waals surface area contributed by atoms with Gasteiger partial charge in [0.25, 0.3) is 0 Å². The molecule has 0 aliphatic carbocycles. The van der Waals surface area contributed by atoms with Gasteiger partial charge in [0, 0.05) is 38.6 Å². The molecular formula is C21H31N3O4. The fraction of sp³-hybridized carbons (Fsp3) is 0.619. The minimum Gasteiger partial charge on any atom is -0.408 e. The van der Waals surface area contributed by atoms with Gasteiger partial charge >= 0.3 is 5.76 Å². The minimum absolute atomic E-state index is 0.0404. The van der Waals surface area contributed by atoms with E-state index in [0.29, 0.717) is 30.6 Å². The molecule has 0 bridgehead atoms. The zero-order valence-corrected chi connectivity index (χ0v) is 16.9. The molecule has 1 unspecified atom stereocenters. The standard InChI is InChI=1S/C21H31N3O4/c1-3-16(4-2)18(23-11-13-27-14-12-23)15-22-20(25)9-10-24-17-7-5-6-8-19(17)28-21(24)26/h5-8,16,18H,3-4,9-15H2,1-2H3,(H,22,25). The zero-order valence-electron chi connectivity index (χ0n) is 16.9. The van der Waals surface area contributed by atoms with Crippen molar-refractivity contribution >= 4 is 17.0 Å². The van der Waals surface area contributed by atoms with E-state index >= 15 is 0 Å². The average molecular weight is 389 g/mol. The van der Waals surface area contributed by atoms with Gasteiger partial charge in [-0.2, -0.15) is 0 Å². The highest BCUT2D eigenvalue weighted by molar-refractivity contribution is 5.76. The molecule has 1 aliphatic heterocycles. The van der Waals surface area contributed by atoms with Crippen molar-refractivity contribution in [2.75, 3.05) is 32.8 Å². The molecule has 28 heavy (non-hydrogen) atoms. The first-order valence-electron chi connectivity index (χ1n) is 10.3. The number of carbonyl (C=O) groups is 1. The second kappa shape index (κ2) is 9.89. The number of benzene rings is 1. The lowest BCUT2D eigenvalue weighted by molar-refractivity contribution is -0.121. The van der Waals surface area contributed by atoms with Crippen LogP contribution in [0, 0.1) is 5.92 Å². The first-order chi connectivity index (χ1) is 13.6. The molecule has 154 valence electrons. The van der Waals surface area contributed by atoms with Crippen LogP contribution in [-0.4, -0.2) is 54.3 Å². The lowest BCUT2D eigenvalue weighted by Gasteiger charge is -2.38. The first-order valence-corrected chi connectivity index (χ1v) is 10.3. The summed E-state index contributed by atoms with van der Waals surface area (Å²) < 4.78 is 12.2. The van der Waals surface area contributed by atoms with Crippen molar-refractivity contribution in [3.05, 3.63) is 34.8 Å². The van der Waals surface area contributed by atoms with E-state index in [0.717, 1.165) is 44.7 Å². The number of nitrogens with zero attached hydrogens (tertiary/aromatic N) is 2. The van der Waals surface area contributed by atoms with Gasteiger partial charge in [-0.1, -0.05) is 38.8 Å². The van der Waals surface area contributed by atoms with Gasteiger partial charge in [0.05, 0.1) is 18.7 Å². The molecular weight excluding hydrogens is 358 g/mol. The van der Waals surface area contributed by atoms with Crippen LogP contribution in [0.4, 0.5) is 0 Å². The average Bonchev–Trinajstić information content (AvgIpc) is 3.05. The molecule has 2 heterocycles. The molecule has 0 saturated carbocycles. The summed E-state index contributed by atoms with van der Waals surface area (Å²) in [4.78, 5) is 26.9. The Morgan fingerprint density at radius 1 is 1.18 bits per heavy atom. The maximum Gasteiger partial charge on any atom is 0.419 e. The molecule has 3 rings (SSSR count). The highest BCUT2D eigenvalue weighted by Gasteiger charge is 2.27. The molecule has 1 N–H and O–H groups in total. The fourth-order valence-corrected chi connectivity index (χ4v) is 4.08. The van der Waals surface area contributed by atoms with Crippen LogP contribution in [0.3, 0.4) is 0 Å². The molecule has 0 spiro atoms. The number of carbonyl (C=O) groups excluding carboxylic acids is 1. The summed E-state index contributed by atoms with van der Waals surface area (Å²) in [6, 6.07) is 7.60. The number of nitrogens with one attached hydrogen (secondary N) is 1. The Morgan fingerprint density at radius 2 is 1.89 bits per heavy atom. The maximum absolute atomic E-state index is 12.5. The van der Waals surface area contributed by atoms with Crippen molar-refractivity contribution in [2.45, 2.75) is 45.7 Å². The Labute approximate surface area is 165 Å². The third-order valence-corrected chi connectivity index (χ3v) is 5.75. The third kappa shape index (κ3) is 4.83. The summed E-state index contributed by atoms with van der Waals surface area (Å²) in [6.07, 6.45) is 2.43. The van der Waals surface area contributed by atoms with Gasteiger partial charge in [0.1, 0.15) is 0 Å². The summed E-state index contributed by atoms with van der Waals surface area (Å²) >= 11 is 0. The fourth-order valence-electron chi connectivity index (χ4n) is 4.08. The van der Waals surface area contributed by atoms with E-state index in [1.807, 2.05) is 18.2 Å². The number of amides is 1. The Balaban J connectivity index is 1.58. The van der Waals surface area contributed by atoms with Gasteiger partial charge in [-0.05, 0) is 18.1 Å². The predicted molar refractivity (Wildman–Crippen MR) is 108 cm³/mol. The Morgan fingerprint density at radius 3 is 2.61 bits per heavy atom. The van der Waals surface area contributed by atoms with E-state index in [-0.39, 0.29) is 12.3 Å².